The number of carbonyl (C=O) groups is 2. The number of rotatable bonds is 2. The van der Waals surface area contributed by atoms with E-state index in [1.54, 1.807) is 0 Å². The molecule has 1 aromatic heterocycles. The lowest BCUT2D eigenvalue weighted by Gasteiger charge is -2.15. The first-order chi connectivity index (χ1) is 8.52. The Hall–Kier alpha value is -1.21. The highest BCUT2D eigenvalue weighted by atomic mass is 79.9. The summed E-state index contributed by atoms with van der Waals surface area (Å²) in [4.78, 5) is 32.6. The molecule has 18 heavy (non-hydrogen) atoms. The molecular weight excluding hydrogens is 325 g/mol. The molecule has 6 nitrogen and oxygen atoms in total. The Bertz CT molecular complexity index is 511. The van der Waals surface area contributed by atoms with Crippen molar-refractivity contribution < 1.29 is 14.3 Å². The van der Waals surface area contributed by atoms with E-state index in [1.165, 1.54) is 18.2 Å². The van der Waals surface area contributed by atoms with E-state index >= 15 is 0 Å². The first-order valence-corrected chi connectivity index (χ1v) is 6.26. The van der Waals surface area contributed by atoms with Gasteiger partial charge in [0.1, 0.15) is 5.15 Å². The van der Waals surface area contributed by atoms with Crippen LogP contribution in [0.15, 0.2) is 10.8 Å². The Kier molecular flexibility index (Phi) is 3.82. The summed E-state index contributed by atoms with van der Waals surface area (Å²) in [6.45, 7) is 0.237. The maximum atomic E-state index is 11.8. The zero-order valence-corrected chi connectivity index (χ0v) is 11.7. The molecule has 1 aromatic rings. The molecule has 96 valence electrons. The van der Waals surface area contributed by atoms with Crippen molar-refractivity contribution in [2.75, 3.05) is 18.6 Å². The van der Waals surface area contributed by atoms with Crippen LogP contribution in [0.1, 0.15) is 6.42 Å². The number of anilines is 1. The molecule has 2 rings (SSSR count). The van der Waals surface area contributed by atoms with Crippen molar-refractivity contribution in [2.24, 2.45) is 5.92 Å². The van der Waals surface area contributed by atoms with E-state index in [0.29, 0.717) is 10.4 Å². The van der Waals surface area contributed by atoms with E-state index in [9.17, 15) is 9.59 Å². The summed E-state index contributed by atoms with van der Waals surface area (Å²) in [5, 5.41) is 0.224. The third kappa shape index (κ3) is 2.46. The van der Waals surface area contributed by atoms with Crippen molar-refractivity contribution in [1.29, 1.82) is 0 Å². The first kappa shape index (κ1) is 13.2. The van der Waals surface area contributed by atoms with Gasteiger partial charge in [-0.1, -0.05) is 11.6 Å². The minimum atomic E-state index is -0.466. The number of amides is 1. The third-order valence-electron chi connectivity index (χ3n) is 2.60. The normalized spacial score (nSPS) is 19.2. The molecule has 1 unspecified atom stereocenters. The summed E-state index contributed by atoms with van der Waals surface area (Å²) in [5.41, 5.74) is 0. The summed E-state index contributed by atoms with van der Waals surface area (Å²) in [6.07, 6.45) is 1.46. The van der Waals surface area contributed by atoms with Gasteiger partial charge in [-0.05, 0) is 15.9 Å². The second-order valence-electron chi connectivity index (χ2n) is 3.74. The zero-order chi connectivity index (χ0) is 13.3. The van der Waals surface area contributed by atoms with Crippen molar-refractivity contribution in [2.45, 2.75) is 6.42 Å². The summed E-state index contributed by atoms with van der Waals surface area (Å²) in [7, 11) is 1.30. The topological polar surface area (TPSA) is 72.4 Å². The van der Waals surface area contributed by atoms with Crippen molar-refractivity contribution >= 4 is 45.2 Å². The summed E-state index contributed by atoms with van der Waals surface area (Å²) in [6, 6.07) is 0. The summed E-state index contributed by atoms with van der Waals surface area (Å²) >= 11 is 8.87. The van der Waals surface area contributed by atoms with Crippen molar-refractivity contribution in [1.82, 2.24) is 9.97 Å². The van der Waals surface area contributed by atoms with Crippen LogP contribution in [0, 0.1) is 5.92 Å². The number of methoxy groups -OCH3 is 1. The lowest BCUT2D eigenvalue weighted by Crippen LogP contribution is -2.27. The Morgan fingerprint density at radius 3 is 3.00 bits per heavy atom. The van der Waals surface area contributed by atoms with Gasteiger partial charge in [0.25, 0.3) is 0 Å². The van der Waals surface area contributed by atoms with Gasteiger partial charge in [-0.25, -0.2) is 9.97 Å². The fourth-order valence-corrected chi connectivity index (χ4v) is 2.50. The molecule has 1 amide bonds. The maximum Gasteiger partial charge on any atom is 0.311 e. The molecule has 0 N–H and O–H groups in total. The van der Waals surface area contributed by atoms with Gasteiger partial charge in [0, 0.05) is 13.0 Å². The van der Waals surface area contributed by atoms with E-state index in [-0.39, 0.29) is 24.0 Å². The predicted octanol–water partition coefficient (Wildman–Crippen LogP) is 1.42. The van der Waals surface area contributed by atoms with E-state index in [0.717, 1.165) is 0 Å². The Morgan fingerprint density at radius 1 is 1.67 bits per heavy atom. The van der Waals surface area contributed by atoms with Crippen molar-refractivity contribution in [3.05, 3.63) is 16.0 Å². The standard InChI is InChI=1S/C10H9BrClN3O3/c1-18-10(17)5-2-7(16)15(4-5)9-8(11)14-6(12)3-13-9/h3,5H,2,4H2,1H3. The molecule has 1 saturated heterocycles. The number of nitrogens with zero attached hydrogens (tertiary/aromatic N) is 3. The minimum Gasteiger partial charge on any atom is -0.469 e. The highest BCUT2D eigenvalue weighted by Gasteiger charge is 2.37. The molecule has 0 aliphatic carbocycles. The van der Waals surface area contributed by atoms with E-state index in [4.69, 9.17) is 11.6 Å². The predicted molar refractivity (Wildman–Crippen MR) is 67.2 cm³/mol. The zero-order valence-electron chi connectivity index (χ0n) is 9.39. The highest BCUT2D eigenvalue weighted by Crippen LogP contribution is 2.29. The number of ether oxygens (including phenoxy) is 1. The average Bonchev–Trinajstić information content (AvgIpc) is 2.70. The number of carbonyl (C=O) groups excluding carboxylic acids is 2. The molecule has 0 saturated carbocycles. The lowest BCUT2D eigenvalue weighted by molar-refractivity contribution is -0.145. The van der Waals surface area contributed by atoms with Crippen LogP contribution in [0.25, 0.3) is 0 Å². The first-order valence-electron chi connectivity index (χ1n) is 5.09. The summed E-state index contributed by atoms with van der Waals surface area (Å²) < 4.78 is 5.00. The van der Waals surface area contributed by atoms with Crippen LogP contribution in [0.2, 0.25) is 5.15 Å². The van der Waals surface area contributed by atoms with Gasteiger partial charge in [0.05, 0.1) is 19.2 Å². The van der Waals surface area contributed by atoms with Crippen LogP contribution in [0.5, 0.6) is 0 Å². The Balaban J connectivity index is 2.24. The molecule has 8 heteroatoms. The third-order valence-corrected chi connectivity index (χ3v) is 3.31. The van der Waals surface area contributed by atoms with Crippen LogP contribution in [0.3, 0.4) is 0 Å². The average molecular weight is 335 g/mol. The van der Waals surface area contributed by atoms with Gasteiger partial charge >= 0.3 is 5.97 Å². The van der Waals surface area contributed by atoms with Gasteiger partial charge < -0.3 is 4.74 Å². The van der Waals surface area contributed by atoms with E-state index in [1.807, 2.05) is 0 Å². The fourth-order valence-electron chi connectivity index (χ4n) is 1.76. The van der Waals surface area contributed by atoms with Crippen LogP contribution >= 0.6 is 27.5 Å². The quantitative estimate of drug-likeness (QED) is 0.765. The van der Waals surface area contributed by atoms with Crippen LogP contribution in [-0.4, -0.2) is 35.5 Å². The molecule has 0 spiro atoms. The molecule has 0 bridgehead atoms. The lowest BCUT2D eigenvalue weighted by atomic mass is 10.1. The largest absolute Gasteiger partial charge is 0.469 e. The van der Waals surface area contributed by atoms with Crippen LogP contribution in [-0.2, 0) is 14.3 Å². The highest BCUT2D eigenvalue weighted by molar-refractivity contribution is 9.10. The number of hydrogen-bond donors (Lipinski definition) is 0. The molecule has 0 radical (unpaired) electrons. The van der Waals surface area contributed by atoms with E-state index in [2.05, 4.69) is 30.6 Å². The van der Waals surface area contributed by atoms with Gasteiger partial charge in [-0.3, -0.25) is 14.5 Å². The van der Waals surface area contributed by atoms with Crippen LogP contribution in [0.4, 0.5) is 5.82 Å². The molecule has 1 aliphatic rings. The molecule has 2 heterocycles. The summed E-state index contributed by atoms with van der Waals surface area (Å²) in [5.74, 6) is -0.700. The van der Waals surface area contributed by atoms with Gasteiger partial charge in [-0.15, -0.1) is 0 Å². The van der Waals surface area contributed by atoms with Crippen molar-refractivity contribution in [3.63, 3.8) is 0 Å². The molecule has 0 aromatic carbocycles. The van der Waals surface area contributed by atoms with Gasteiger partial charge in [0.2, 0.25) is 5.91 Å². The number of halogens is 2. The fraction of sp³-hybridized carbons (Fsp3) is 0.400. The minimum absolute atomic E-state index is 0.115. The van der Waals surface area contributed by atoms with Crippen LogP contribution < -0.4 is 4.90 Å². The molecule has 1 fully saturated rings. The van der Waals surface area contributed by atoms with Gasteiger partial charge in [-0.2, -0.15) is 0 Å². The van der Waals surface area contributed by atoms with Gasteiger partial charge in [0.15, 0.2) is 10.4 Å². The number of hydrogen-bond acceptors (Lipinski definition) is 5. The molecule has 1 atom stereocenters. The molecular formula is C10H9BrClN3O3. The monoisotopic (exact) mass is 333 g/mol. The second kappa shape index (κ2) is 5.19. The Labute approximate surface area is 116 Å². The second-order valence-corrected chi connectivity index (χ2v) is 4.87. The van der Waals surface area contributed by atoms with E-state index < -0.39 is 11.9 Å². The Morgan fingerprint density at radius 2 is 2.39 bits per heavy atom. The number of aromatic nitrogens is 2. The molecule has 1 aliphatic heterocycles. The number of esters is 1. The smallest absolute Gasteiger partial charge is 0.311 e. The SMILES string of the molecule is COC(=O)C1CC(=O)N(c2ncc(Cl)nc2Br)C1. The maximum absolute atomic E-state index is 11.8. The van der Waals surface area contributed by atoms with Crippen molar-refractivity contribution in [3.8, 4) is 0 Å².